The number of carbonyl (C=O) groups is 1. The number of benzene rings is 2. The molecule has 0 bridgehead atoms. The fraction of sp³-hybridized carbons (Fsp3) is 0.452. The maximum absolute atomic E-state index is 12.9. The van der Waals surface area contributed by atoms with Gasteiger partial charge in [0.1, 0.15) is 11.5 Å². The molecule has 2 aromatic rings. The Morgan fingerprint density at radius 3 is 1.36 bits per heavy atom. The van der Waals surface area contributed by atoms with E-state index in [2.05, 4.69) is 0 Å². The van der Waals surface area contributed by atoms with Crippen LogP contribution >= 0.6 is 0 Å². The van der Waals surface area contributed by atoms with Crippen LogP contribution in [0.15, 0.2) is 59.7 Å². The van der Waals surface area contributed by atoms with E-state index in [1.54, 1.807) is 0 Å². The number of rotatable bonds is 16. The van der Waals surface area contributed by atoms with Gasteiger partial charge >= 0.3 is 0 Å². The minimum atomic E-state index is 0.126. The summed E-state index contributed by atoms with van der Waals surface area (Å²) in [4.78, 5) is 12.9. The Hall–Kier alpha value is -2.89. The number of aliphatic hydroxyl groups is 2. The predicted molar refractivity (Wildman–Crippen MR) is 145 cm³/mol. The van der Waals surface area contributed by atoms with Crippen LogP contribution in [-0.2, 0) is 4.79 Å². The molecule has 0 aromatic heterocycles. The average molecular weight is 493 g/mol. The Morgan fingerprint density at radius 2 is 0.972 bits per heavy atom. The van der Waals surface area contributed by atoms with Gasteiger partial charge in [0.15, 0.2) is 5.78 Å². The summed E-state index contributed by atoms with van der Waals surface area (Å²) in [5.74, 6) is 1.81. The Balaban J connectivity index is 1.46. The molecule has 0 saturated heterocycles. The fourth-order valence-electron chi connectivity index (χ4n) is 4.22. The molecular formula is C31H40O5. The molecule has 1 aliphatic rings. The monoisotopic (exact) mass is 492 g/mol. The van der Waals surface area contributed by atoms with E-state index in [0.717, 1.165) is 98.0 Å². The minimum Gasteiger partial charge on any atom is -0.494 e. The lowest BCUT2D eigenvalue weighted by Gasteiger charge is -2.06. The Morgan fingerprint density at radius 1 is 0.583 bits per heavy atom. The van der Waals surface area contributed by atoms with Crippen molar-refractivity contribution in [3.05, 3.63) is 70.8 Å². The molecule has 3 rings (SSSR count). The first-order valence-electron chi connectivity index (χ1n) is 13.3. The van der Waals surface area contributed by atoms with Gasteiger partial charge in [-0.3, -0.25) is 4.79 Å². The minimum absolute atomic E-state index is 0.126. The molecule has 5 nitrogen and oxygen atoms in total. The van der Waals surface area contributed by atoms with E-state index in [4.69, 9.17) is 19.7 Å². The summed E-state index contributed by atoms with van der Waals surface area (Å²) >= 11 is 0. The van der Waals surface area contributed by atoms with E-state index in [-0.39, 0.29) is 19.0 Å². The highest BCUT2D eigenvalue weighted by Gasteiger charge is 2.22. The number of hydrogen-bond acceptors (Lipinski definition) is 5. The molecule has 194 valence electrons. The molecule has 0 unspecified atom stereocenters. The molecule has 2 N–H and O–H groups in total. The Labute approximate surface area is 215 Å². The van der Waals surface area contributed by atoms with Gasteiger partial charge in [0.25, 0.3) is 0 Å². The summed E-state index contributed by atoms with van der Waals surface area (Å²) in [7, 11) is 0. The van der Waals surface area contributed by atoms with Crippen molar-refractivity contribution < 1.29 is 24.5 Å². The first kappa shape index (κ1) is 27.7. The smallest absolute Gasteiger partial charge is 0.185 e. The second kappa shape index (κ2) is 16.0. The number of Topliss-reactive ketones (excluding diaryl/α,β-unsaturated/α-hetero) is 1. The number of carbonyl (C=O) groups excluding carboxylic acids is 1. The van der Waals surface area contributed by atoms with Crippen LogP contribution in [0.25, 0.3) is 12.2 Å². The van der Waals surface area contributed by atoms with Crippen molar-refractivity contribution in [3.8, 4) is 11.5 Å². The van der Waals surface area contributed by atoms with Gasteiger partial charge in [0, 0.05) is 24.4 Å². The predicted octanol–water partition coefficient (Wildman–Crippen LogP) is 6.38. The highest BCUT2D eigenvalue weighted by molar-refractivity contribution is 6.15. The lowest BCUT2D eigenvalue weighted by Crippen LogP contribution is -1.98. The van der Waals surface area contributed by atoms with Crippen molar-refractivity contribution >= 4 is 17.9 Å². The molecule has 0 heterocycles. The quantitative estimate of drug-likeness (QED) is 0.210. The second-order valence-electron chi connectivity index (χ2n) is 9.28. The van der Waals surface area contributed by atoms with Gasteiger partial charge in [-0.05, 0) is 98.9 Å². The summed E-state index contributed by atoms with van der Waals surface area (Å²) in [6.45, 7) is 1.87. The first-order valence-corrected chi connectivity index (χ1v) is 13.3. The van der Waals surface area contributed by atoms with Gasteiger partial charge in [0.05, 0.1) is 13.2 Å². The van der Waals surface area contributed by atoms with Crippen LogP contribution in [-0.4, -0.2) is 42.4 Å². The van der Waals surface area contributed by atoms with Gasteiger partial charge in [-0.1, -0.05) is 37.1 Å². The molecule has 5 heteroatoms. The Bertz CT molecular complexity index is 894. The maximum Gasteiger partial charge on any atom is 0.185 e. The Kier molecular flexibility index (Phi) is 12.3. The largest absolute Gasteiger partial charge is 0.494 e. The third-order valence-electron chi connectivity index (χ3n) is 6.33. The normalized spacial score (nSPS) is 15.7. The zero-order chi connectivity index (χ0) is 25.4. The zero-order valence-electron chi connectivity index (χ0n) is 21.3. The van der Waals surface area contributed by atoms with E-state index >= 15 is 0 Å². The van der Waals surface area contributed by atoms with Gasteiger partial charge in [-0.25, -0.2) is 0 Å². The van der Waals surface area contributed by atoms with Crippen molar-refractivity contribution in [3.63, 3.8) is 0 Å². The van der Waals surface area contributed by atoms with Crippen LogP contribution in [0.4, 0.5) is 0 Å². The molecule has 2 aromatic carbocycles. The lowest BCUT2D eigenvalue weighted by atomic mass is 10.1. The van der Waals surface area contributed by atoms with Crippen molar-refractivity contribution in [2.24, 2.45) is 0 Å². The van der Waals surface area contributed by atoms with Crippen molar-refractivity contribution in [1.29, 1.82) is 0 Å². The van der Waals surface area contributed by atoms with Crippen LogP contribution in [0.1, 0.15) is 75.3 Å². The molecule has 0 spiro atoms. The summed E-state index contributed by atoms with van der Waals surface area (Å²) < 4.78 is 11.6. The average Bonchev–Trinajstić information content (AvgIpc) is 3.24. The van der Waals surface area contributed by atoms with E-state index in [9.17, 15) is 4.79 Å². The fourth-order valence-corrected chi connectivity index (χ4v) is 4.22. The second-order valence-corrected chi connectivity index (χ2v) is 9.28. The topological polar surface area (TPSA) is 76.0 Å². The van der Waals surface area contributed by atoms with E-state index < -0.39 is 0 Å². The number of unbranched alkanes of at least 4 members (excludes halogenated alkanes) is 6. The molecule has 0 atom stereocenters. The molecule has 1 saturated carbocycles. The summed E-state index contributed by atoms with van der Waals surface area (Å²) in [6.07, 6.45) is 13.4. The van der Waals surface area contributed by atoms with Gasteiger partial charge in [0.2, 0.25) is 0 Å². The SMILES string of the molecule is O=C1/C(=C\c2ccc(OCCCCCCO)cc2)CC/C1=C/c1ccc(OCCCCCCO)cc1. The van der Waals surface area contributed by atoms with E-state index in [0.29, 0.717) is 13.2 Å². The molecule has 0 amide bonds. The van der Waals surface area contributed by atoms with E-state index in [1.165, 1.54) is 0 Å². The lowest BCUT2D eigenvalue weighted by molar-refractivity contribution is -0.111. The molecule has 1 fully saturated rings. The van der Waals surface area contributed by atoms with Crippen LogP contribution in [0.5, 0.6) is 11.5 Å². The molecule has 1 aliphatic carbocycles. The number of hydrogen-bond donors (Lipinski definition) is 2. The summed E-state index contributed by atoms with van der Waals surface area (Å²) in [6, 6.07) is 15.8. The van der Waals surface area contributed by atoms with Crippen LogP contribution < -0.4 is 9.47 Å². The summed E-state index contributed by atoms with van der Waals surface area (Å²) in [5, 5.41) is 17.6. The zero-order valence-corrected chi connectivity index (χ0v) is 21.3. The molecule has 0 aliphatic heterocycles. The third kappa shape index (κ3) is 9.63. The standard InChI is InChI=1S/C31H40O5/c32-19-5-1-3-7-21-35-29-15-9-25(10-16-29)23-27-13-14-28(31(27)34)24-26-11-17-30(18-12-26)36-22-8-4-2-6-20-33/h9-12,15-18,23-24,32-33H,1-8,13-14,19-22H2/b27-23-,28-24-. The first-order chi connectivity index (χ1) is 17.7. The number of aliphatic hydroxyl groups excluding tert-OH is 2. The molecule has 0 radical (unpaired) electrons. The number of allylic oxidation sites excluding steroid dienone is 2. The summed E-state index contributed by atoms with van der Waals surface area (Å²) in [5.41, 5.74) is 3.71. The van der Waals surface area contributed by atoms with Gasteiger partial charge < -0.3 is 19.7 Å². The van der Waals surface area contributed by atoms with Gasteiger partial charge in [-0.15, -0.1) is 0 Å². The highest BCUT2D eigenvalue weighted by atomic mass is 16.5. The van der Waals surface area contributed by atoms with Crippen LogP contribution in [0.3, 0.4) is 0 Å². The number of ketones is 1. The number of ether oxygens (including phenoxy) is 2. The van der Waals surface area contributed by atoms with E-state index in [1.807, 2.05) is 60.7 Å². The van der Waals surface area contributed by atoms with Gasteiger partial charge in [-0.2, -0.15) is 0 Å². The third-order valence-corrected chi connectivity index (χ3v) is 6.33. The molecule has 36 heavy (non-hydrogen) atoms. The maximum atomic E-state index is 12.9. The van der Waals surface area contributed by atoms with Crippen LogP contribution in [0.2, 0.25) is 0 Å². The molecular weight excluding hydrogens is 452 g/mol. The van der Waals surface area contributed by atoms with Crippen LogP contribution in [0, 0.1) is 0 Å². The van der Waals surface area contributed by atoms with Crippen molar-refractivity contribution in [1.82, 2.24) is 0 Å². The van der Waals surface area contributed by atoms with Crippen molar-refractivity contribution in [2.45, 2.75) is 64.2 Å². The van der Waals surface area contributed by atoms with Crippen molar-refractivity contribution in [2.75, 3.05) is 26.4 Å². The highest BCUT2D eigenvalue weighted by Crippen LogP contribution is 2.30.